The fraction of sp³-hybridized carbons (Fsp3) is 0.429. The zero-order chi connectivity index (χ0) is 14.7. The molecular formula is C14H18FN3O2. The van der Waals surface area contributed by atoms with E-state index >= 15 is 0 Å². The van der Waals surface area contributed by atoms with Crippen LogP contribution in [0.3, 0.4) is 0 Å². The van der Waals surface area contributed by atoms with Crippen LogP contribution in [0.15, 0.2) is 18.2 Å². The molecule has 1 aromatic rings. The van der Waals surface area contributed by atoms with Crippen molar-refractivity contribution in [2.45, 2.75) is 25.9 Å². The van der Waals surface area contributed by atoms with Gasteiger partial charge in [0, 0.05) is 6.54 Å². The molecule has 0 saturated carbocycles. The molecule has 5 nitrogen and oxygen atoms in total. The van der Waals surface area contributed by atoms with Gasteiger partial charge in [0.25, 0.3) is 0 Å². The first-order valence-electron chi connectivity index (χ1n) is 6.60. The first kappa shape index (κ1) is 14.5. The van der Waals surface area contributed by atoms with Gasteiger partial charge in [-0.2, -0.15) is 0 Å². The van der Waals surface area contributed by atoms with E-state index < -0.39 is 17.8 Å². The van der Waals surface area contributed by atoms with Crippen molar-refractivity contribution < 1.29 is 14.0 Å². The zero-order valence-corrected chi connectivity index (χ0v) is 11.6. The number of nitrogens with one attached hydrogen (secondary N) is 2. The van der Waals surface area contributed by atoms with Crippen molar-refractivity contribution in [1.29, 1.82) is 0 Å². The van der Waals surface area contributed by atoms with Crippen LogP contribution >= 0.6 is 0 Å². The molecule has 0 aliphatic carbocycles. The van der Waals surface area contributed by atoms with Crippen molar-refractivity contribution in [3.63, 3.8) is 0 Å². The molecular weight excluding hydrogens is 261 g/mol. The van der Waals surface area contributed by atoms with Gasteiger partial charge >= 0.3 is 0 Å². The highest BCUT2D eigenvalue weighted by molar-refractivity contribution is 6.04. The summed E-state index contributed by atoms with van der Waals surface area (Å²) in [7, 11) is 1.76. The Morgan fingerprint density at radius 2 is 2.20 bits per heavy atom. The number of imide groups is 1. The minimum atomic E-state index is -0.528. The zero-order valence-electron chi connectivity index (χ0n) is 11.6. The molecule has 0 bridgehead atoms. The monoisotopic (exact) mass is 279 g/mol. The third kappa shape index (κ3) is 2.65. The second-order valence-corrected chi connectivity index (χ2v) is 4.74. The Morgan fingerprint density at radius 3 is 2.85 bits per heavy atom. The van der Waals surface area contributed by atoms with E-state index in [-0.39, 0.29) is 12.5 Å². The molecule has 2 N–H and O–H groups in total. The average molecular weight is 279 g/mol. The normalized spacial score (nSPS) is 19.1. The van der Waals surface area contributed by atoms with Crippen molar-refractivity contribution >= 4 is 17.5 Å². The van der Waals surface area contributed by atoms with E-state index in [0.717, 1.165) is 5.56 Å². The molecule has 2 rings (SSSR count). The van der Waals surface area contributed by atoms with Crippen LogP contribution < -0.4 is 15.5 Å². The summed E-state index contributed by atoms with van der Waals surface area (Å²) in [6.07, 6.45) is 0.506. The lowest BCUT2D eigenvalue weighted by atomic mass is 10.0. The topological polar surface area (TPSA) is 61.4 Å². The summed E-state index contributed by atoms with van der Waals surface area (Å²) in [6.45, 7) is 2.30. The van der Waals surface area contributed by atoms with Crippen LogP contribution in [0.1, 0.15) is 18.9 Å². The molecule has 0 aromatic heterocycles. The average Bonchev–Trinajstić information content (AvgIpc) is 2.38. The summed E-state index contributed by atoms with van der Waals surface area (Å²) in [5, 5.41) is 5.26. The predicted molar refractivity (Wildman–Crippen MR) is 73.7 cm³/mol. The molecule has 20 heavy (non-hydrogen) atoms. The molecule has 0 radical (unpaired) electrons. The van der Waals surface area contributed by atoms with E-state index in [0.29, 0.717) is 18.7 Å². The van der Waals surface area contributed by atoms with Crippen molar-refractivity contribution in [2.75, 3.05) is 18.5 Å². The van der Waals surface area contributed by atoms with Crippen LogP contribution in [0.2, 0.25) is 0 Å². The maximum Gasteiger partial charge on any atom is 0.249 e. The van der Waals surface area contributed by atoms with E-state index in [1.165, 1.54) is 6.07 Å². The van der Waals surface area contributed by atoms with Crippen molar-refractivity contribution in [1.82, 2.24) is 10.6 Å². The number of halogens is 1. The van der Waals surface area contributed by atoms with Crippen LogP contribution in [0.25, 0.3) is 0 Å². The van der Waals surface area contributed by atoms with Crippen molar-refractivity contribution in [3.05, 3.63) is 29.6 Å². The molecule has 1 heterocycles. The Labute approximate surface area is 117 Å². The molecule has 1 fully saturated rings. The largest absolute Gasteiger partial charge is 0.348 e. The van der Waals surface area contributed by atoms with Gasteiger partial charge in [0.05, 0.1) is 12.2 Å². The second kappa shape index (κ2) is 6.00. The minimum Gasteiger partial charge on any atom is -0.348 e. The molecule has 0 spiro atoms. The summed E-state index contributed by atoms with van der Waals surface area (Å²) in [5.41, 5.74) is 1.06. The van der Waals surface area contributed by atoms with Crippen molar-refractivity contribution in [2.24, 2.45) is 0 Å². The number of carbonyl (C=O) groups excluding carboxylic acids is 2. The molecule has 2 amide bonds. The number of hydrogen-bond donors (Lipinski definition) is 2. The van der Waals surface area contributed by atoms with Gasteiger partial charge in [-0.05, 0) is 25.1 Å². The van der Waals surface area contributed by atoms with Crippen LogP contribution in [0, 0.1) is 5.82 Å². The highest BCUT2D eigenvalue weighted by Crippen LogP contribution is 2.28. The lowest BCUT2D eigenvalue weighted by molar-refractivity contribution is -0.132. The van der Waals surface area contributed by atoms with Gasteiger partial charge in [0.15, 0.2) is 0 Å². The SMILES string of the molecule is CCC1C(=O)NC(=O)CN1c1c(F)cccc1CNC. The first-order chi connectivity index (χ1) is 9.58. The van der Waals surface area contributed by atoms with Gasteiger partial charge in [-0.3, -0.25) is 14.9 Å². The quantitative estimate of drug-likeness (QED) is 0.800. The third-order valence-corrected chi connectivity index (χ3v) is 3.37. The van der Waals surface area contributed by atoms with Gasteiger partial charge in [0.1, 0.15) is 11.9 Å². The molecule has 1 aliphatic heterocycles. The Hall–Kier alpha value is -1.95. The minimum absolute atomic E-state index is 0.0120. The maximum atomic E-state index is 14.2. The number of para-hydroxylation sites is 1. The first-order valence-corrected chi connectivity index (χ1v) is 6.60. The molecule has 1 aliphatic rings. The van der Waals surface area contributed by atoms with Crippen LogP contribution in [-0.4, -0.2) is 31.4 Å². The Kier molecular flexibility index (Phi) is 4.34. The molecule has 1 aromatic carbocycles. The van der Waals surface area contributed by atoms with Gasteiger partial charge < -0.3 is 10.2 Å². The predicted octanol–water partition coefficient (Wildman–Crippen LogP) is 0.786. The van der Waals surface area contributed by atoms with E-state index in [9.17, 15) is 14.0 Å². The smallest absolute Gasteiger partial charge is 0.249 e. The van der Waals surface area contributed by atoms with Crippen LogP contribution in [0.4, 0.5) is 10.1 Å². The summed E-state index contributed by atoms with van der Waals surface area (Å²) >= 11 is 0. The fourth-order valence-corrected chi connectivity index (χ4v) is 2.52. The number of benzene rings is 1. The number of nitrogens with zero attached hydrogens (tertiary/aromatic N) is 1. The van der Waals surface area contributed by atoms with Crippen molar-refractivity contribution in [3.8, 4) is 0 Å². The van der Waals surface area contributed by atoms with Gasteiger partial charge in [-0.15, -0.1) is 0 Å². The van der Waals surface area contributed by atoms with Crippen LogP contribution in [-0.2, 0) is 16.1 Å². The lowest BCUT2D eigenvalue weighted by Gasteiger charge is -2.36. The summed E-state index contributed by atoms with van der Waals surface area (Å²) in [5.74, 6) is -1.19. The Bertz CT molecular complexity index is 533. The molecule has 1 unspecified atom stereocenters. The number of piperazine rings is 1. The second-order valence-electron chi connectivity index (χ2n) is 4.74. The maximum absolute atomic E-state index is 14.2. The number of anilines is 1. The molecule has 1 atom stereocenters. The standard InChI is InChI=1S/C14H18FN3O2/c1-3-11-14(20)17-12(19)8-18(11)13-9(7-16-2)5-4-6-10(13)15/h4-6,11,16H,3,7-8H2,1-2H3,(H,17,19,20). The van der Waals surface area contributed by atoms with Gasteiger partial charge in [-0.25, -0.2) is 4.39 Å². The molecule has 1 saturated heterocycles. The Balaban J connectivity index is 2.47. The molecule has 6 heteroatoms. The summed E-state index contributed by atoms with van der Waals surface area (Å²) in [4.78, 5) is 25.0. The molecule has 108 valence electrons. The third-order valence-electron chi connectivity index (χ3n) is 3.37. The van der Waals surface area contributed by atoms with E-state index in [2.05, 4.69) is 10.6 Å². The van der Waals surface area contributed by atoms with Gasteiger partial charge in [-0.1, -0.05) is 19.1 Å². The number of amides is 2. The fourth-order valence-electron chi connectivity index (χ4n) is 2.52. The summed E-state index contributed by atoms with van der Waals surface area (Å²) in [6, 6.07) is 4.23. The summed E-state index contributed by atoms with van der Waals surface area (Å²) < 4.78 is 14.2. The number of carbonyl (C=O) groups is 2. The lowest BCUT2D eigenvalue weighted by Crippen LogP contribution is -2.58. The number of rotatable bonds is 4. The highest BCUT2D eigenvalue weighted by atomic mass is 19.1. The van der Waals surface area contributed by atoms with Crippen LogP contribution in [0.5, 0.6) is 0 Å². The Morgan fingerprint density at radius 1 is 1.45 bits per heavy atom. The van der Waals surface area contributed by atoms with E-state index in [1.54, 1.807) is 24.1 Å². The van der Waals surface area contributed by atoms with Gasteiger partial charge in [0.2, 0.25) is 11.8 Å². The van der Waals surface area contributed by atoms with E-state index in [1.807, 2.05) is 6.92 Å². The van der Waals surface area contributed by atoms with E-state index in [4.69, 9.17) is 0 Å². The number of hydrogen-bond acceptors (Lipinski definition) is 4. The highest BCUT2D eigenvalue weighted by Gasteiger charge is 2.34.